The van der Waals surface area contributed by atoms with Gasteiger partial charge in [0.1, 0.15) is 0 Å². The van der Waals surface area contributed by atoms with Crippen molar-refractivity contribution in [2.45, 2.75) is 25.5 Å². The Labute approximate surface area is 141 Å². The van der Waals surface area contributed by atoms with Crippen LogP contribution in [0.15, 0.2) is 36.5 Å². The number of fused-ring (bicyclic) bond motifs is 1. The van der Waals surface area contributed by atoms with Crippen molar-refractivity contribution in [3.05, 3.63) is 63.6 Å². The molecule has 5 nitrogen and oxygen atoms in total. The monoisotopic (exact) mass is 354 g/mol. The minimum absolute atomic E-state index is 0.0110. The summed E-state index contributed by atoms with van der Waals surface area (Å²) in [6.45, 7) is 1.20. The third-order valence-corrected chi connectivity index (χ3v) is 4.20. The van der Waals surface area contributed by atoms with Gasteiger partial charge in [-0.15, -0.1) is 0 Å². The fourth-order valence-electron chi connectivity index (χ4n) is 2.80. The molecule has 0 bridgehead atoms. The Morgan fingerprint density at radius 2 is 2.12 bits per heavy atom. The largest absolute Gasteiger partial charge is 0.618 e. The van der Waals surface area contributed by atoms with Crippen molar-refractivity contribution in [1.29, 1.82) is 0 Å². The lowest BCUT2D eigenvalue weighted by Gasteiger charge is -2.17. The van der Waals surface area contributed by atoms with Crippen LogP contribution in [0.3, 0.4) is 0 Å². The Bertz CT molecular complexity index is 827. The second kappa shape index (κ2) is 5.68. The lowest BCUT2D eigenvalue weighted by Crippen LogP contribution is -2.34. The van der Waals surface area contributed by atoms with Gasteiger partial charge in [-0.2, -0.15) is 13.5 Å². The lowest BCUT2D eigenvalue weighted by molar-refractivity contribution is -0.603. The number of pyridine rings is 1. The molecule has 1 aromatic heterocycles. The number of halogens is 3. The number of hydrogen-bond acceptors (Lipinski definition) is 3. The minimum Gasteiger partial charge on any atom is -0.618 e. The Morgan fingerprint density at radius 3 is 2.75 bits per heavy atom. The van der Waals surface area contributed by atoms with Gasteiger partial charge < -0.3 is 15.2 Å². The van der Waals surface area contributed by atoms with Crippen LogP contribution in [-0.4, -0.2) is 11.0 Å². The number of aliphatic hydroxyl groups excluding tert-OH is 1. The van der Waals surface area contributed by atoms with Gasteiger partial charge in [-0.25, -0.2) is 0 Å². The van der Waals surface area contributed by atoms with Crippen LogP contribution < -0.4 is 9.63 Å². The van der Waals surface area contributed by atoms with Crippen molar-refractivity contribution in [2.75, 3.05) is 4.90 Å². The second-order valence-corrected chi connectivity index (χ2v) is 5.95. The lowest BCUT2D eigenvalue weighted by atomic mass is 9.98. The smallest absolute Gasteiger partial charge is 0.352 e. The molecule has 3 rings (SSSR count). The summed E-state index contributed by atoms with van der Waals surface area (Å²) in [6.07, 6.45) is 0.00732. The Balaban J connectivity index is 2.07. The van der Waals surface area contributed by atoms with Crippen LogP contribution in [0.25, 0.3) is 0 Å². The van der Waals surface area contributed by atoms with E-state index in [9.17, 15) is 23.9 Å². The van der Waals surface area contributed by atoms with Gasteiger partial charge in [0.2, 0.25) is 0 Å². The molecule has 1 aromatic carbocycles. The molecule has 8 heteroatoms. The van der Waals surface area contributed by atoms with Gasteiger partial charge in [-0.05, 0) is 35.7 Å². The molecule has 0 unspecified atom stereocenters. The van der Waals surface area contributed by atoms with Gasteiger partial charge in [0, 0.05) is 12.1 Å². The second-order valence-electron chi connectivity index (χ2n) is 5.57. The maximum atomic E-state index is 14.5. The van der Waals surface area contributed by atoms with Crippen LogP contribution in [0.5, 0.6) is 0 Å². The molecule has 1 N–H and O–H groups in total. The number of nitrogens with zero attached hydrogens (tertiary/aromatic N) is 2. The number of carbonyl (C=O) groups is 1. The van der Waals surface area contributed by atoms with E-state index in [0.717, 1.165) is 11.1 Å². The molecule has 2 aromatic rings. The molecule has 24 heavy (non-hydrogen) atoms. The normalized spacial score (nSPS) is 17.0. The molecule has 0 saturated carbocycles. The van der Waals surface area contributed by atoms with Crippen LogP contribution in [0, 0.1) is 5.21 Å². The molecule has 126 valence electrons. The third kappa shape index (κ3) is 2.50. The summed E-state index contributed by atoms with van der Waals surface area (Å²) < 4.78 is 29.4. The van der Waals surface area contributed by atoms with E-state index in [-0.39, 0.29) is 22.9 Å². The zero-order valence-electron chi connectivity index (χ0n) is 12.5. The van der Waals surface area contributed by atoms with Crippen LogP contribution in [0.1, 0.15) is 29.7 Å². The van der Waals surface area contributed by atoms with Crippen LogP contribution >= 0.6 is 11.6 Å². The van der Waals surface area contributed by atoms with Crippen LogP contribution in [-0.2, 0) is 17.3 Å². The highest BCUT2D eigenvalue weighted by Gasteiger charge is 2.54. The van der Waals surface area contributed by atoms with E-state index in [1.807, 2.05) is 0 Å². The van der Waals surface area contributed by atoms with Crippen molar-refractivity contribution in [3.8, 4) is 0 Å². The Kier molecular flexibility index (Phi) is 3.93. The maximum Gasteiger partial charge on any atom is 0.352 e. The number of aromatic nitrogens is 1. The van der Waals surface area contributed by atoms with E-state index in [1.54, 1.807) is 0 Å². The van der Waals surface area contributed by atoms with Gasteiger partial charge in [0.15, 0.2) is 6.20 Å². The van der Waals surface area contributed by atoms with Crippen molar-refractivity contribution >= 4 is 23.2 Å². The zero-order valence-corrected chi connectivity index (χ0v) is 13.3. The summed E-state index contributed by atoms with van der Waals surface area (Å²) in [7, 11) is 0. The fourth-order valence-corrected chi connectivity index (χ4v) is 2.99. The predicted octanol–water partition coefficient (Wildman–Crippen LogP) is 2.67. The minimum atomic E-state index is -3.72. The summed E-state index contributed by atoms with van der Waals surface area (Å²) >= 11 is 5.72. The molecule has 1 aliphatic rings. The highest BCUT2D eigenvalue weighted by molar-refractivity contribution is 6.28. The first-order valence-electron chi connectivity index (χ1n) is 7.12. The van der Waals surface area contributed by atoms with E-state index in [1.165, 1.54) is 37.3 Å². The van der Waals surface area contributed by atoms with E-state index >= 15 is 0 Å². The molecule has 2 heterocycles. The van der Waals surface area contributed by atoms with Crippen molar-refractivity contribution in [2.24, 2.45) is 0 Å². The Hall–Kier alpha value is -2.25. The van der Waals surface area contributed by atoms with Crippen molar-refractivity contribution < 1.29 is 23.4 Å². The molecule has 1 amide bonds. The fraction of sp³-hybridized carbons (Fsp3) is 0.250. The molecule has 0 spiro atoms. The number of carbonyl (C=O) groups excluding carboxylic acids is 1. The summed E-state index contributed by atoms with van der Waals surface area (Å²) in [5, 5.41) is 20.9. The number of benzene rings is 1. The Morgan fingerprint density at radius 1 is 1.42 bits per heavy atom. The molecular formula is C16H13ClF2N2O3. The molecule has 0 radical (unpaired) electrons. The number of rotatable bonds is 3. The summed E-state index contributed by atoms with van der Waals surface area (Å²) in [4.78, 5) is 13.1. The topological polar surface area (TPSA) is 67.5 Å². The maximum absolute atomic E-state index is 14.5. The van der Waals surface area contributed by atoms with Gasteiger partial charge >= 0.3 is 11.8 Å². The number of amides is 1. The summed E-state index contributed by atoms with van der Waals surface area (Å²) in [5.74, 6) is -5.10. The van der Waals surface area contributed by atoms with Gasteiger partial charge in [-0.3, -0.25) is 4.79 Å². The predicted molar refractivity (Wildman–Crippen MR) is 82.6 cm³/mol. The average molecular weight is 355 g/mol. The third-order valence-electron chi connectivity index (χ3n) is 3.92. The van der Waals surface area contributed by atoms with Gasteiger partial charge in [0.05, 0.1) is 23.9 Å². The summed E-state index contributed by atoms with van der Waals surface area (Å²) in [5.41, 5.74) is 0.00712. The molecular weight excluding hydrogens is 342 g/mol. The van der Waals surface area contributed by atoms with E-state index in [2.05, 4.69) is 0 Å². The van der Waals surface area contributed by atoms with Crippen molar-refractivity contribution in [3.63, 3.8) is 0 Å². The number of aliphatic hydroxyl groups is 1. The molecule has 0 aliphatic carbocycles. The highest BCUT2D eigenvalue weighted by Crippen LogP contribution is 2.47. The van der Waals surface area contributed by atoms with E-state index in [0.29, 0.717) is 10.3 Å². The average Bonchev–Trinajstić information content (AvgIpc) is 2.72. The van der Waals surface area contributed by atoms with Crippen LogP contribution in [0.2, 0.25) is 5.15 Å². The first-order chi connectivity index (χ1) is 11.2. The van der Waals surface area contributed by atoms with Gasteiger partial charge in [0.25, 0.3) is 5.15 Å². The molecule has 0 fully saturated rings. The SMILES string of the molecule is C[C@H](O)c1cccc2c1C(F)(F)C(=O)N2Cc1cc[n+]([O-])c(Cl)c1. The van der Waals surface area contributed by atoms with Crippen LogP contribution in [0.4, 0.5) is 14.5 Å². The summed E-state index contributed by atoms with van der Waals surface area (Å²) in [6, 6.07) is 7.00. The first-order valence-corrected chi connectivity index (χ1v) is 7.50. The molecule has 1 atom stereocenters. The first kappa shape index (κ1) is 16.6. The standard InChI is InChI=1S/C16H13ClF2N2O3/c1-9(22)11-3-2-4-12-14(11)16(18,19)15(23)20(12)8-10-5-6-21(24)13(17)7-10/h2-7,9,22H,8H2,1H3/t9-/m0/s1. The van der Waals surface area contributed by atoms with E-state index in [4.69, 9.17) is 11.6 Å². The van der Waals surface area contributed by atoms with Gasteiger partial charge in [-0.1, -0.05) is 12.1 Å². The number of alkyl halides is 2. The quantitative estimate of drug-likeness (QED) is 0.523. The van der Waals surface area contributed by atoms with E-state index < -0.39 is 23.5 Å². The van der Waals surface area contributed by atoms with Crippen molar-refractivity contribution in [1.82, 2.24) is 0 Å². The zero-order chi connectivity index (χ0) is 17.6. The highest BCUT2D eigenvalue weighted by atomic mass is 35.5. The molecule has 0 saturated heterocycles. The molecule has 1 aliphatic heterocycles. The number of hydrogen-bond donors (Lipinski definition) is 1. The number of anilines is 1.